The molecule has 0 amide bonds. The molecule has 118 valence electrons. The van der Waals surface area contributed by atoms with Gasteiger partial charge in [-0.25, -0.2) is 13.4 Å². The Morgan fingerprint density at radius 1 is 1.38 bits per heavy atom. The molecule has 0 aliphatic carbocycles. The Morgan fingerprint density at radius 2 is 2.05 bits per heavy atom. The summed E-state index contributed by atoms with van der Waals surface area (Å²) in [6.07, 6.45) is 1.58. The maximum atomic E-state index is 12.9. The SMILES string of the molecule is CNc1ncc(Br)cc1S(=O)(=O)N1CCN(C)C(C)(C)C1. The first-order chi connectivity index (χ1) is 9.68. The zero-order chi connectivity index (χ0) is 15.8. The van der Waals surface area contributed by atoms with Gasteiger partial charge in [-0.05, 0) is 42.9 Å². The van der Waals surface area contributed by atoms with Gasteiger partial charge >= 0.3 is 0 Å². The Balaban J connectivity index is 2.41. The fourth-order valence-electron chi connectivity index (χ4n) is 2.34. The molecule has 0 radical (unpaired) electrons. The highest BCUT2D eigenvalue weighted by Gasteiger charge is 2.38. The summed E-state index contributed by atoms with van der Waals surface area (Å²) in [5, 5.41) is 2.85. The number of rotatable bonds is 3. The molecule has 2 rings (SSSR count). The van der Waals surface area contributed by atoms with Crippen molar-refractivity contribution in [1.82, 2.24) is 14.2 Å². The summed E-state index contributed by atoms with van der Waals surface area (Å²) in [6, 6.07) is 1.60. The topological polar surface area (TPSA) is 65.5 Å². The molecule has 1 aromatic heterocycles. The normalized spacial score (nSPS) is 20.4. The van der Waals surface area contributed by atoms with Gasteiger partial charge in [0.15, 0.2) is 0 Å². The van der Waals surface area contributed by atoms with Crippen molar-refractivity contribution in [3.63, 3.8) is 0 Å². The van der Waals surface area contributed by atoms with E-state index in [1.807, 2.05) is 20.9 Å². The van der Waals surface area contributed by atoms with Gasteiger partial charge in [0.25, 0.3) is 0 Å². The minimum Gasteiger partial charge on any atom is -0.372 e. The lowest BCUT2D eigenvalue weighted by Gasteiger charge is -2.44. The van der Waals surface area contributed by atoms with Crippen LogP contribution in [0, 0.1) is 0 Å². The standard InChI is InChI=1S/C13H21BrN4O2S/c1-13(2)9-18(6-5-17(13)4)21(19,20)11-7-10(14)8-16-12(11)15-3/h7-8H,5-6,9H2,1-4H3,(H,15,16). The van der Waals surface area contributed by atoms with Gasteiger partial charge in [0, 0.05) is 42.9 Å². The van der Waals surface area contributed by atoms with Crippen molar-refractivity contribution in [2.75, 3.05) is 39.0 Å². The third-order valence-electron chi connectivity index (χ3n) is 3.96. The van der Waals surface area contributed by atoms with E-state index in [2.05, 4.69) is 31.1 Å². The molecule has 0 bridgehead atoms. The molecule has 0 aromatic carbocycles. The first-order valence-corrected chi connectivity index (χ1v) is 8.96. The van der Waals surface area contributed by atoms with Crippen LogP contribution in [0.3, 0.4) is 0 Å². The summed E-state index contributed by atoms with van der Waals surface area (Å²) >= 11 is 3.29. The molecule has 1 aliphatic heterocycles. The highest BCUT2D eigenvalue weighted by Crippen LogP contribution is 2.29. The molecule has 0 saturated carbocycles. The summed E-state index contributed by atoms with van der Waals surface area (Å²) in [6.45, 7) is 5.75. The summed E-state index contributed by atoms with van der Waals surface area (Å²) < 4.78 is 28.0. The van der Waals surface area contributed by atoms with Crippen molar-refractivity contribution in [2.24, 2.45) is 0 Å². The molecule has 6 nitrogen and oxygen atoms in total. The van der Waals surface area contributed by atoms with Crippen LogP contribution in [0.25, 0.3) is 0 Å². The van der Waals surface area contributed by atoms with Crippen LogP contribution in [0.1, 0.15) is 13.8 Å². The Hall–Kier alpha value is -0.700. The van der Waals surface area contributed by atoms with Crippen LogP contribution < -0.4 is 5.32 Å². The van der Waals surface area contributed by atoms with Crippen LogP contribution in [0.2, 0.25) is 0 Å². The van der Waals surface area contributed by atoms with E-state index < -0.39 is 10.0 Å². The predicted octanol–water partition coefficient (Wildman–Crippen LogP) is 1.60. The van der Waals surface area contributed by atoms with Crippen molar-refractivity contribution in [3.05, 3.63) is 16.7 Å². The molecule has 21 heavy (non-hydrogen) atoms. The smallest absolute Gasteiger partial charge is 0.246 e. The maximum Gasteiger partial charge on any atom is 0.246 e. The monoisotopic (exact) mass is 376 g/mol. The average molecular weight is 377 g/mol. The number of anilines is 1. The third kappa shape index (κ3) is 3.23. The van der Waals surface area contributed by atoms with Gasteiger partial charge in [0.2, 0.25) is 10.0 Å². The minimum atomic E-state index is -3.57. The van der Waals surface area contributed by atoms with Crippen molar-refractivity contribution < 1.29 is 8.42 Å². The number of hydrogen-bond acceptors (Lipinski definition) is 5. The molecule has 1 aliphatic rings. The molecule has 0 unspecified atom stereocenters. The van der Waals surface area contributed by atoms with Crippen molar-refractivity contribution in [1.29, 1.82) is 0 Å². The maximum absolute atomic E-state index is 12.9. The highest BCUT2D eigenvalue weighted by molar-refractivity contribution is 9.10. The molecule has 0 atom stereocenters. The van der Waals surface area contributed by atoms with Crippen molar-refractivity contribution in [2.45, 2.75) is 24.3 Å². The number of aromatic nitrogens is 1. The quantitative estimate of drug-likeness (QED) is 0.867. The molecule has 1 N–H and O–H groups in total. The van der Waals surface area contributed by atoms with E-state index in [1.165, 1.54) is 4.31 Å². The van der Waals surface area contributed by atoms with Gasteiger partial charge in [0.05, 0.1) is 0 Å². The Bertz CT molecular complexity index is 633. The number of likely N-dealkylation sites (N-methyl/N-ethyl adjacent to an activating group) is 1. The van der Waals surface area contributed by atoms with E-state index in [0.717, 1.165) is 0 Å². The van der Waals surface area contributed by atoms with Crippen LogP contribution in [-0.2, 0) is 10.0 Å². The zero-order valence-corrected chi connectivity index (χ0v) is 15.1. The lowest BCUT2D eigenvalue weighted by Crippen LogP contribution is -2.58. The third-order valence-corrected chi connectivity index (χ3v) is 6.25. The fourth-order valence-corrected chi connectivity index (χ4v) is 4.59. The average Bonchev–Trinajstić information content (AvgIpc) is 2.41. The molecular formula is C13H21BrN4O2S. The molecule has 2 heterocycles. The number of hydrogen-bond donors (Lipinski definition) is 1. The largest absolute Gasteiger partial charge is 0.372 e. The highest BCUT2D eigenvalue weighted by atomic mass is 79.9. The van der Waals surface area contributed by atoms with Gasteiger partial charge in [-0.1, -0.05) is 0 Å². The van der Waals surface area contributed by atoms with E-state index in [1.54, 1.807) is 19.3 Å². The number of sulfonamides is 1. The lowest BCUT2D eigenvalue weighted by molar-refractivity contribution is 0.0801. The fraction of sp³-hybridized carbons (Fsp3) is 0.615. The van der Waals surface area contributed by atoms with Gasteiger partial charge in [-0.2, -0.15) is 4.31 Å². The van der Waals surface area contributed by atoms with Crippen LogP contribution in [0.4, 0.5) is 5.82 Å². The molecule has 8 heteroatoms. The van der Waals surface area contributed by atoms with E-state index in [9.17, 15) is 8.42 Å². The van der Waals surface area contributed by atoms with Crippen molar-refractivity contribution >= 4 is 31.8 Å². The Labute approximate surface area is 134 Å². The van der Waals surface area contributed by atoms with Gasteiger partial charge < -0.3 is 5.32 Å². The Morgan fingerprint density at radius 3 is 2.62 bits per heavy atom. The first-order valence-electron chi connectivity index (χ1n) is 6.73. The number of nitrogens with zero attached hydrogens (tertiary/aromatic N) is 3. The van der Waals surface area contributed by atoms with Crippen LogP contribution in [0.5, 0.6) is 0 Å². The Kier molecular flexibility index (Phi) is 4.63. The van der Waals surface area contributed by atoms with Gasteiger partial charge in [0.1, 0.15) is 10.7 Å². The second-order valence-electron chi connectivity index (χ2n) is 5.82. The summed E-state index contributed by atoms with van der Waals surface area (Å²) in [4.78, 5) is 6.52. The summed E-state index contributed by atoms with van der Waals surface area (Å²) in [5.74, 6) is 0.370. The molecule has 1 fully saturated rings. The number of halogens is 1. The molecular weight excluding hydrogens is 356 g/mol. The second kappa shape index (κ2) is 5.83. The van der Waals surface area contributed by atoms with Crippen LogP contribution >= 0.6 is 15.9 Å². The van der Waals surface area contributed by atoms with Crippen LogP contribution in [-0.4, -0.2) is 61.9 Å². The van der Waals surface area contributed by atoms with E-state index in [4.69, 9.17) is 0 Å². The first kappa shape index (κ1) is 16.7. The van der Waals surface area contributed by atoms with E-state index in [-0.39, 0.29) is 10.4 Å². The zero-order valence-electron chi connectivity index (χ0n) is 12.7. The molecule has 1 saturated heterocycles. The molecule has 1 aromatic rings. The van der Waals surface area contributed by atoms with E-state index >= 15 is 0 Å². The number of piperazine rings is 1. The molecule has 0 spiro atoms. The second-order valence-corrected chi connectivity index (χ2v) is 8.64. The van der Waals surface area contributed by atoms with Crippen LogP contribution in [0.15, 0.2) is 21.6 Å². The lowest BCUT2D eigenvalue weighted by atomic mass is 10.0. The van der Waals surface area contributed by atoms with Crippen molar-refractivity contribution in [3.8, 4) is 0 Å². The predicted molar refractivity (Wildman–Crippen MR) is 87.0 cm³/mol. The van der Waals surface area contributed by atoms with E-state index in [0.29, 0.717) is 29.9 Å². The summed E-state index contributed by atoms with van der Waals surface area (Å²) in [7, 11) is 0.117. The van der Waals surface area contributed by atoms with Gasteiger partial charge in [-0.15, -0.1) is 0 Å². The number of pyridine rings is 1. The minimum absolute atomic E-state index is 0.190. The van der Waals surface area contributed by atoms with Gasteiger partial charge in [-0.3, -0.25) is 4.90 Å². The summed E-state index contributed by atoms with van der Waals surface area (Å²) in [5.41, 5.74) is -0.190. The number of nitrogens with one attached hydrogen (secondary N) is 1.